The molecule has 0 aromatic carbocycles. The average molecular weight is 540 g/mol. The van der Waals surface area contributed by atoms with Crippen molar-refractivity contribution in [1.29, 1.82) is 0 Å². The predicted octanol–water partition coefficient (Wildman–Crippen LogP) is 3.30. The van der Waals surface area contributed by atoms with E-state index in [1.807, 2.05) is 6.92 Å². The summed E-state index contributed by atoms with van der Waals surface area (Å²) < 4.78 is 61.5. The van der Waals surface area contributed by atoms with Gasteiger partial charge in [0.2, 0.25) is 0 Å². The minimum Gasteiger partial charge on any atom is -0.357 e. The number of sulfonamides is 1. The van der Waals surface area contributed by atoms with Crippen molar-refractivity contribution in [2.75, 3.05) is 26.2 Å². The van der Waals surface area contributed by atoms with E-state index >= 15 is 0 Å². The zero-order chi connectivity index (χ0) is 20.1. The molecule has 2 aliphatic rings. The summed E-state index contributed by atoms with van der Waals surface area (Å²) in [6.07, 6.45) is 5.51. The minimum absolute atomic E-state index is 0. The van der Waals surface area contributed by atoms with E-state index in [2.05, 4.69) is 22.5 Å². The second-order valence-electron chi connectivity index (χ2n) is 7.63. The van der Waals surface area contributed by atoms with Crippen LogP contribution in [0.4, 0.5) is 13.2 Å². The lowest BCUT2D eigenvalue weighted by Crippen LogP contribution is -2.51. The molecule has 0 amide bonds. The monoisotopic (exact) mass is 540 g/mol. The van der Waals surface area contributed by atoms with Gasteiger partial charge in [0.15, 0.2) is 5.96 Å². The van der Waals surface area contributed by atoms with Crippen molar-refractivity contribution >= 4 is 40.0 Å². The highest BCUT2D eigenvalue weighted by Crippen LogP contribution is 2.29. The number of halogens is 4. The molecule has 0 aromatic rings. The fourth-order valence-electron chi connectivity index (χ4n) is 3.85. The van der Waals surface area contributed by atoms with Gasteiger partial charge in [0.05, 0.1) is 0 Å². The maximum absolute atomic E-state index is 12.7. The van der Waals surface area contributed by atoms with Crippen LogP contribution in [0.15, 0.2) is 4.99 Å². The van der Waals surface area contributed by atoms with Crippen LogP contribution in [0, 0.1) is 11.8 Å². The molecule has 1 saturated carbocycles. The lowest BCUT2D eigenvalue weighted by Gasteiger charge is -2.32. The van der Waals surface area contributed by atoms with E-state index in [0.717, 1.165) is 12.5 Å². The van der Waals surface area contributed by atoms with Gasteiger partial charge in [0, 0.05) is 32.2 Å². The molecule has 2 rings (SSSR count). The van der Waals surface area contributed by atoms with Crippen molar-refractivity contribution in [2.45, 2.75) is 63.9 Å². The number of guanidine groups is 1. The van der Waals surface area contributed by atoms with Gasteiger partial charge in [0.25, 0.3) is 0 Å². The van der Waals surface area contributed by atoms with Crippen LogP contribution < -0.4 is 10.6 Å². The summed E-state index contributed by atoms with van der Waals surface area (Å²) in [7, 11) is -5.23. The van der Waals surface area contributed by atoms with E-state index < -0.39 is 15.5 Å². The lowest BCUT2D eigenvalue weighted by molar-refractivity contribution is -0.0494. The SMILES string of the molecule is CCNC(=NCC1CCCC(C)C1)NC1CCN(S(=O)(=O)C(F)(F)F)CC1.I. The summed E-state index contributed by atoms with van der Waals surface area (Å²) in [5.41, 5.74) is -5.24. The number of nitrogens with zero attached hydrogens (tertiary/aromatic N) is 2. The van der Waals surface area contributed by atoms with Crippen molar-refractivity contribution in [1.82, 2.24) is 14.9 Å². The van der Waals surface area contributed by atoms with Gasteiger partial charge in [-0.15, -0.1) is 24.0 Å². The predicted molar refractivity (Wildman–Crippen MR) is 115 cm³/mol. The van der Waals surface area contributed by atoms with E-state index in [4.69, 9.17) is 0 Å². The number of aliphatic imine (C=N–C) groups is 1. The fraction of sp³-hybridized carbons (Fsp3) is 0.941. The third kappa shape index (κ3) is 7.19. The largest absolute Gasteiger partial charge is 0.511 e. The normalized spacial score (nSPS) is 25.8. The smallest absolute Gasteiger partial charge is 0.357 e. The number of alkyl halides is 3. The number of hydrogen-bond donors (Lipinski definition) is 2. The molecular formula is C17H32F3IN4O2S. The second-order valence-corrected chi connectivity index (χ2v) is 9.56. The van der Waals surface area contributed by atoms with Gasteiger partial charge in [-0.05, 0) is 44.4 Å². The summed E-state index contributed by atoms with van der Waals surface area (Å²) in [4.78, 5) is 4.66. The molecule has 1 aliphatic carbocycles. The molecule has 1 saturated heterocycles. The Morgan fingerprint density at radius 3 is 2.36 bits per heavy atom. The highest BCUT2D eigenvalue weighted by atomic mass is 127. The minimum atomic E-state index is -5.24. The number of rotatable bonds is 5. The van der Waals surface area contributed by atoms with Gasteiger partial charge in [-0.3, -0.25) is 4.99 Å². The van der Waals surface area contributed by atoms with Gasteiger partial charge in [0.1, 0.15) is 0 Å². The number of nitrogens with one attached hydrogen (secondary N) is 2. The Balaban J connectivity index is 0.00000392. The molecule has 0 bridgehead atoms. The van der Waals surface area contributed by atoms with Crippen LogP contribution in [-0.2, 0) is 10.0 Å². The summed E-state index contributed by atoms with van der Waals surface area (Å²) >= 11 is 0. The molecule has 2 N–H and O–H groups in total. The van der Waals surface area contributed by atoms with Crippen LogP contribution >= 0.6 is 24.0 Å². The van der Waals surface area contributed by atoms with Crippen LogP contribution in [0.1, 0.15) is 52.4 Å². The van der Waals surface area contributed by atoms with Crippen LogP contribution in [-0.4, -0.2) is 56.4 Å². The van der Waals surface area contributed by atoms with Crippen molar-refractivity contribution in [3.63, 3.8) is 0 Å². The lowest BCUT2D eigenvalue weighted by atomic mass is 9.82. The summed E-state index contributed by atoms with van der Waals surface area (Å²) in [5.74, 6) is 1.96. The van der Waals surface area contributed by atoms with Gasteiger partial charge in [-0.25, -0.2) is 8.42 Å². The number of piperidine rings is 1. The van der Waals surface area contributed by atoms with E-state index in [0.29, 0.717) is 35.6 Å². The van der Waals surface area contributed by atoms with Crippen LogP contribution in [0.5, 0.6) is 0 Å². The highest BCUT2D eigenvalue weighted by Gasteiger charge is 2.50. The molecule has 2 fully saturated rings. The average Bonchev–Trinajstić information content (AvgIpc) is 2.59. The van der Waals surface area contributed by atoms with Crippen molar-refractivity contribution in [2.24, 2.45) is 16.8 Å². The summed E-state index contributed by atoms with van der Waals surface area (Å²) in [6.45, 7) is 5.37. The first kappa shape index (κ1) is 25.7. The summed E-state index contributed by atoms with van der Waals surface area (Å²) in [6, 6.07) is -0.0900. The Hall–Kier alpha value is -0.300. The fourth-order valence-corrected chi connectivity index (χ4v) is 4.83. The molecule has 2 atom stereocenters. The molecule has 6 nitrogen and oxygen atoms in total. The van der Waals surface area contributed by atoms with E-state index in [9.17, 15) is 21.6 Å². The molecule has 1 heterocycles. The first-order valence-corrected chi connectivity index (χ1v) is 11.2. The molecule has 11 heteroatoms. The third-order valence-electron chi connectivity index (χ3n) is 5.32. The first-order valence-electron chi connectivity index (χ1n) is 9.74. The van der Waals surface area contributed by atoms with Crippen molar-refractivity contribution in [3.8, 4) is 0 Å². The maximum Gasteiger partial charge on any atom is 0.511 e. The van der Waals surface area contributed by atoms with Crippen LogP contribution in [0.2, 0.25) is 0 Å². The quantitative estimate of drug-likeness (QED) is 0.319. The third-order valence-corrected chi connectivity index (χ3v) is 6.95. The van der Waals surface area contributed by atoms with Crippen LogP contribution in [0.25, 0.3) is 0 Å². The van der Waals surface area contributed by atoms with E-state index in [-0.39, 0.29) is 43.1 Å². The molecule has 1 aliphatic heterocycles. The zero-order valence-electron chi connectivity index (χ0n) is 16.5. The van der Waals surface area contributed by atoms with Gasteiger partial charge < -0.3 is 10.6 Å². The molecule has 28 heavy (non-hydrogen) atoms. The second kappa shape index (κ2) is 11.2. The Morgan fingerprint density at radius 2 is 1.82 bits per heavy atom. The molecule has 166 valence electrons. The van der Waals surface area contributed by atoms with Crippen molar-refractivity contribution < 1.29 is 21.6 Å². The Morgan fingerprint density at radius 1 is 1.18 bits per heavy atom. The van der Waals surface area contributed by atoms with Gasteiger partial charge in [-0.2, -0.15) is 17.5 Å². The van der Waals surface area contributed by atoms with Crippen LogP contribution in [0.3, 0.4) is 0 Å². The van der Waals surface area contributed by atoms with E-state index in [1.54, 1.807) is 0 Å². The van der Waals surface area contributed by atoms with Crippen molar-refractivity contribution in [3.05, 3.63) is 0 Å². The Kier molecular flexibility index (Phi) is 10.3. The Bertz CT molecular complexity index is 608. The topological polar surface area (TPSA) is 73.8 Å². The molecular weight excluding hydrogens is 508 g/mol. The maximum atomic E-state index is 12.7. The standard InChI is InChI=1S/C17H31F3N4O2S.HI/c1-3-21-16(22-12-14-6-4-5-13(2)11-14)23-15-7-9-24(10-8-15)27(25,26)17(18,19)20;/h13-15H,3-12H2,1-2H3,(H2,21,22,23);1H. The number of hydrogen-bond acceptors (Lipinski definition) is 3. The van der Waals surface area contributed by atoms with Gasteiger partial charge >= 0.3 is 15.5 Å². The Labute approximate surface area is 183 Å². The van der Waals surface area contributed by atoms with E-state index in [1.165, 1.54) is 25.7 Å². The molecule has 0 aromatic heterocycles. The van der Waals surface area contributed by atoms with Gasteiger partial charge in [-0.1, -0.05) is 19.8 Å². The highest BCUT2D eigenvalue weighted by molar-refractivity contribution is 14.0. The molecule has 2 unspecified atom stereocenters. The first-order chi connectivity index (χ1) is 12.6. The molecule has 0 radical (unpaired) electrons. The molecule has 0 spiro atoms. The zero-order valence-corrected chi connectivity index (χ0v) is 19.6. The summed E-state index contributed by atoms with van der Waals surface area (Å²) in [5, 5.41) is 6.43.